The number of H-pyrrole nitrogens is 1. The number of nitrogens with one attached hydrogen (secondary N) is 1. The van der Waals surface area contributed by atoms with E-state index in [9.17, 15) is 14.7 Å². The summed E-state index contributed by atoms with van der Waals surface area (Å²) in [5, 5.41) is 11.6. The fourth-order valence-corrected chi connectivity index (χ4v) is 4.57. The molecule has 2 aromatic heterocycles. The zero-order valence-electron chi connectivity index (χ0n) is 19.9. The number of hydrogen-bond acceptors (Lipinski definition) is 6. The van der Waals surface area contributed by atoms with Crippen molar-refractivity contribution >= 4 is 22.7 Å². The lowest BCUT2D eigenvalue weighted by Crippen LogP contribution is -2.36. The smallest absolute Gasteiger partial charge is 0.290 e. The minimum absolute atomic E-state index is 0.0162. The molecule has 4 aromatic rings. The summed E-state index contributed by atoms with van der Waals surface area (Å²) >= 11 is 0. The Hall–Kier alpha value is -4.53. The number of amides is 1. The molecule has 184 valence electrons. The number of Topliss-reactive ketones (excluding diaryl/α,β-unsaturated/α-hetero) is 1. The molecule has 9 heteroatoms. The van der Waals surface area contributed by atoms with E-state index in [-0.39, 0.29) is 11.3 Å². The minimum atomic E-state index is -0.776. The summed E-state index contributed by atoms with van der Waals surface area (Å²) in [6.45, 7) is 0.999. The van der Waals surface area contributed by atoms with Gasteiger partial charge in [0.1, 0.15) is 18.1 Å². The van der Waals surface area contributed by atoms with Gasteiger partial charge in [-0.25, -0.2) is 4.57 Å². The summed E-state index contributed by atoms with van der Waals surface area (Å²) in [7, 11) is 3.09. The number of aromatic nitrogens is 2. The van der Waals surface area contributed by atoms with Crippen LogP contribution in [0.4, 0.5) is 0 Å². The van der Waals surface area contributed by atoms with E-state index in [1.165, 1.54) is 12.0 Å². The molecule has 2 aromatic carbocycles. The second kappa shape index (κ2) is 9.61. The molecule has 0 aliphatic carbocycles. The van der Waals surface area contributed by atoms with Crippen molar-refractivity contribution in [1.29, 1.82) is 0 Å². The summed E-state index contributed by atoms with van der Waals surface area (Å²) in [5.41, 5.74) is 1.09. The Kier molecular flexibility index (Phi) is 6.20. The van der Waals surface area contributed by atoms with Crippen molar-refractivity contribution in [2.45, 2.75) is 19.0 Å². The Balaban J connectivity index is 1.51. The van der Waals surface area contributed by atoms with Gasteiger partial charge in [-0.15, -0.1) is 0 Å². The summed E-state index contributed by atoms with van der Waals surface area (Å²) in [4.78, 5) is 31.4. The van der Waals surface area contributed by atoms with Gasteiger partial charge in [0, 0.05) is 18.4 Å². The van der Waals surface area contributed by atoms with Crippen LogP contribution >= 0.6 is 0 Å². The number of rotatable bonds is 9. The molecule has 9 nitrogen and oxygen atoms in total. The number of fused-ring (bicyclic) bond motifs is 1. The minimum Gasteiger partial charge on any atom is -0.503 e. The molecular weight excluding hydrogens is 462 g/mol. The number of carbonyl (C=O) groups is 2. The number of methoxy groups -OCH3 is 2. The highest BCUT2D eigenvalue weighted by atomic mass is 16.5. The van der Waals surface area contributed by atoms with E-state index in [1.807, 2.05) is 23.3 Å². The summed E-state index contributed by atoms with van der Waals surface area (Å²) in [6, 6.07) is 13.3. The number of aromatic amines is 1. The number of aryl methyl sites for hydroxylation is 1. The summed E-state index contributed by atoms with van der Waals surface area (Å²) in [6.07, 6.45) is 6.16. The number of ketones is 1. The van der Waals surface area contributed by atoms with Crippen LogP contribution in [-0.4, -0.2) is 47.4 Å². The SMILES string of the molecule is COc1ccc(C2C(C(=O)c3cc4cccc(OC)c4o3)=C(O)C(=O)N2CCC[n+]2cc[nH]c2)cc1. The van der Waals surface area contributed by atoms with Gasteiger partial charge in [0.15, 0.2) is 22.9 Å². The van der Waals surface area contributed by atoms with Crippen LogP contribution in [0.5, 0.6) is 11.5 Å². The van der Waals surface area contributed by atoms with E-state index < -0.39 is 23.5 Å². The number of furan rings is 1. The van der Waals surface area contributed by atoms with Crippen molar-refractivity contribution in [1.82, 2.24) is 9.88 Å². The topological polar surface area (TPSA) is 109 Å². The van der Waals surface area contributed by atoms with Crippen molar-refractivity contribution in [3.8, 4) is 11.5 Å². The van der Waals surface area contributed by atoms with Crippen molar-refractivity contribution in [2.75, 3.05) is 20.8 Å². The second-order valence-electron chi connectivity index (χ2n) is 8.46. The second-order valence-corrected chi connectivity index (χ2v) is 8.46. The molecule has 5 rings (SSSR count). The number of aliphatic hydroxyl groups excluding tert-OH is 1. The van der Waals surface area contributed by atoms with Crippen LogP contribution in [0.3, 0.4) is 0 Å². The number of imidazole rings is 1. The maximum atomic E-state index is 13.7. The van der Waals surface area contributed by atoms with Crippen molar-refractivity contribution < 1.29 is 33.2 Å². The van der Waals surface area contributed by atoms with Gasteiger partial charge in [-0.1, -0.05) is 24.3 Å². The van der Waals surface area contributed by atoms with Crippen LogP contribution in [-0.2, 0) is 11.3 Å². The fraction of sp³-hybridized carbons (Fsp3) is 0.222. The highest BCUT2D eigenvalue weighted by molar-refractivity contribution is 6.16. The lowest BCUT2D eigenvalue weighted by molar-refractivity contribution is -0.695. The van der Waals surface area contributed by atoms with Crippen LogP contribution in [0.15, 0.2) is 83.0 Å². The average Bonchev–Trinajstić information content (AvgIpc) is 3.63. The molecular formula is C27H26N3O6+. The van der Waals surface area contributed by atoms with Gasteiger partial charge in [0.2, 0.25) is 12.1 Å². The fourth-order valence-electron chi connectivity index (χ4n) is 4.57. The van der Waals surface area contributed by atoms with Crippen molar-refractivity contribution in [3.05, 3.63) is 89.9 Å². The number of ether oxygens (including phenoxy) is 2. The van der Waals surface area contributed by atoms with E-state index in [2.05, 4.69) is 4.98 Å². The summed E-state index contributed by atoms with van der Waals surface area (Å²) < 4.78 is 18.4. The van der Waals surface area contributed by atoms with E-state index >= 15 is 0 Å². The number of nitrogens with zero attached hydrogens (tertiary/aromatic N) is 2. The maximum Gasteiger partial charge on any atom is 0.290 e. The normalized spacial score (nSPS) is 15.7. The number of benzene rings is 2. The molecule has 3 heterocycles. The third-order valence-electron chi connectivity index (χ3n) is 6.35. The Morgan fingerprint density at radius 1 is 1.17 bits per heavy atom. The van der Waals surface area contributed by atoms with Crippen LogP contribution in [0, 0.1) is 0 Å². The van der Waals surface area contributed by atoms with E-state index in [0.717, 1.165) is 0 Å². The number of hydrogen-bond donors (Lipinski definition) is 2. The zero-order valence-corrected chi connectivity index (χ0v) is 19.9. The number of aliphatic hydroxyl groups is 1. The molecule has 2 N–H and O–H groups in total. The van der Waals surface area contributed by atoms with Gasteiger partial charge < -0.3 is 23.9 Å². The molecule has 0 saturated carbocycles. The van der Waals surface area contributed by atoms with Gasteiger partial charge in [-0.3, -0.25) is 14.6 Å². The molecule has 1 amide bonds. The van der Waals surface area contributed by atoms with Crippen LogP contribution < -0.4 is 14.0 Å². The first-order valence-corrected chi connectivity index (χ1v) is 11.5. The molecule has 0 fully saturated rings. The highest BCUT2D eigenvalue weighted by Gasteiger charge is 2.44. The highest BCUT2D eigenvalue weighted by Crippen LogP contribution is 2.40. The Labute approximate surface area is 207 Å². The Morgan fingerprint density at radius 2 is 1.97 bits per heavy atom. The Morgan fingerprint density at radius 3 is 2.67 bits per heavy atom. The summed E-state index contributed by atoms with van der Waals surface area (Å²) in [5.74, 6) is -0.559. The molecule has 36 heavy (non-hydrogen) atoms. The van der Waals surface area contributed by atoms with E-state index in [1.54, 1.807) is 55.6 Å². The van der Waals surface area contributed by atoms with Crippen molar-refractivity contribution in [3.63, 3.8) is 0 Å². The zero-order chi connectivity index (χ0) is 25.2. The van der Waals surface area contributed by atoms with Gasteiger partial charge in [0.25, 0.3) is 5.91 Å². The van der Waals surface area contributed by atoms with Gasteiger partial charge in [0.05, 0.1) is 32.4 Å². The average molecular weight is 489 g/mol. The lowest BCUT2D eigenvalue weighted by Gasteiger charge is -2.26. The van der Waals surface area contributed by atoms with Crippen LogP contribution in [0.2, 0.25) is 0 Å². The maximum absolute atomic E-state index is 13.7. The molecule has 0 spiro atoms. The standard InChI is InChI=1S/C27H25N3O6/c1-34-19-9-7-17(8-10-19)23-22(24(31)21-15-18-5-3-6-20(35-2)26(18)36-21)25(32)27(33)30(23)13-4-12-29-14-11-28-16-29/h3,5-11,14-16,23H,4,12-13H2,1-2H3,(H,31,32)/p+1. The Bertz CT molecular complexity index is 1440. The molecule has 0 saturated heterocycles. The van der Waals surface area contributed by atoms with Gasteiger partial charge in [-0.05, 0) is 29.8 Å². The van der Waals surface area contributed by atoms with Crippen LogP contribution in [0.1, 0.15) is 28.6 Å². The first-order chi connectivity index (χ1) is 17.5. The van der Waals surface area contributed by atoms with E-state index in [4.69, 9.17) is 13.9 Å². The quantitative estimate of drug-likeness (QED) is 0.275. The molecule has 1 atom stereocenters. The third kappa shape index (κ3) is 4.08. The monoisotopic (exact) mass is 488 g/mol. The van der Waals surface area contributed by atoms with Gasteiger partial charge in [-0.2, -0.15) is 0 Å². The van der Waals surface area contributed by atoms with Crippen molar-refractivity contribution in [2.24, 2.45) is 0 Å². The first-order valence-electron chi connectivity index (χ1n) is 11.5. The molecule has 1 aliphatic heterocycles. The largest absolute Gasteiger partial charge is 0.503 e. The number of para-hydroxylation sites is 1. The first kappa shape index (κ1) is 23.2. The number of carbonyl (C=O) groups excluding carboxylic acids is 2. The van der Waals surface area contributed by atoms with E-state index in [0.29, 0.717) is 47.5 Å². The lowest BCUT2D eigenvalue weighted by atomic mass is 9.95. The third-order valence-corrected chi connectivity index (χ3v) is 6.35. The molecule has 1 aliphatic rings. The van der Waals surface area contributed by atoms with Gasteiger partial charge >= 0.3 is 0 Å². The molecule has 0 bridgehead atoms. The molecule has 0 radical (unpaired) electrons. The predicted molar refractivity (Wildman–Crippen MR) is 130 cm³/mol. The molecule has 1 unspecified atom stereocenters. The predicted octanol–water partition coefficient (Wildman–Crippen LogP) is 3.73. The van der Waals surface area contributed by atoms with Crippen LogP contribution in [0.25, 0.3) is 11.0 Å².